The van der Waals surface area contributed by atoms with Crippen LogP contribution in [0.2, 0.25) is 0 Å². The van der Waals surface area contributed by atoms with Crippen molar-refractivity contribution in [1.82, 2.24) is 20.6 Å². The Hall–Kier alpha value is -3.23. The molecule has 0 atom stereocenters. The molecule has 0 spiro atoms. The van der Waals surface area contributed by atoms with Gasteiger partial charge in [-0.15, -0.1) is 0 Å². The number of benzene rings is 1. The number of nitro benzene ring substituents is 1. The third-order valence-electron chi connectivity index (χ3n) is 3.03. The zero-order valence-corrected chi connectivity index (χ0v) is 12.6. The van der Waals surface area contributed by atoms with Crippen LogP contribution in [0.15, 0.2) is 30.3 Å². The van der Waals surface area contributed by atoms with E-state index in [4.69, 9.17) is 0 Å². The number of aryl methyl sites for hydroxylation is 2. The Labute approximate surface area is 131 Å². The Kier molecular flexibility index (Phi) is 4.69. The molecule has 0 aliphatic carbocycles. The van der Waals surface area contributed by atoms with Gasteiger partial charge in [0.2, 0.25) is 0 Å². The summed E-state index contributed by atoms with van der Waals surface area (Å²) in [5.41, 5.74) is 5.94. The van der Waals surface area contributed by atoms with Crippen molar-refractivity contribution in [3.63, 3.8) is 0 Å². The van der Waals surface area contributed by atoms with E-state index in [0.29, 0.717) is 0 Å². The van der Waals surface area contributed by atoms with Gasteiger partial charge in [-0.2, -0.15) is 5.10 Å². The van der Waals surface area contributed by atoms with Crippen LogP contribution in [0.1, 0.15) is 21.7 Å². The normalized spacial score (nSPS) is 10.2. The van der Waals surface area contributed by atoms with E-state index >= 15 is 0 Å². The van der Waals surface area contributed by atoms with E-state index in [0.717, 1.165) is 17.5 Å². The second-order valence-electron chi connectivity index (χ2n) is 4.89. The molecule has 1 aromatic heterocycles. The van der Waals surface area contributed by atoms with E-state index in [1.165, 1.54) is 22.9 Å². The average molecular weight is 317 g/mol. The van der Waals surface area contributed by atoms with Gasteiger partial charge in [0.25, 0.3) is 17.5 Å². The molecule has 0 fully saturated rings. The lowest BCUT2D eigenvalue weighted by Crippen LogP contribution is -2.43. The number of carbonyl (C=O) groups is 2. The maximum absolute atomic E-state index is 11.9. The molecule has 0 bridgehead atoms. The van der Waals surface area contributed by atoms with E-state index in [1.54, 1.807) is 0 Å². The monoisotopic (exact) mass is 317 g/mol. The molecule has 0 aliphatic heterocycles. The summed E-state index contributed by atoms with van der Waals surface area (Å²) in [7, 11) is 0. The first-order valence-electron chi connectivity index (χ1n) is 6.71. The fourth-order valence-electron chi connectivity index (χ4n) is 1.97. The average Bonchev–Trinajstić information content (AvgIpc) is 2.82. The minimum Gasteiger partial charge on any atom is -0.271 e. The number of nitrogens with one attached hydrogen (secondary N) is 2. The molecule has 2 aromatic rings. The van der Waals surface area contributed by atoms with Crippen LogP contribution in [0.25, 0.3) is 0 Å². The summed E-state index contributed by atoms with van der Waals surface area (Å²) in [5, 5.41) is 14.8. The highest BCUT2D eigenvalue weighted by Crippen LogP contribution is 2.12. The lowest BCUT2D eigenvalue weighted by molar-refractivity contribution is -0.384. The number of rotatable bonds is 4. The lowest BCUT2D eigenvalue weighted by atomic mass is 10.2. The van der Waals surface area contributed by atoms with Gasteiger partial charge in [-0.3, -0.25) is 35.2 Å². The molecule has 120 valence electrons. The van der Waals surface area contributed by atoms with Crippen LogP contribution in [-0.4, -0.2) is 26.5 Å². The van der Waals surface area contributed by atoms with Gasteiger partial charge < -0.3 is 0 Å². The van der Waals surface area contributed by atoms with Crippen molar-refractivity contribution in [3.05, 3.63) is 57.4 Å². The predicted octanol–water partition coefficient (Wildman–Crippen LogP) is 0.869. The van der Waals surface area contributed by atoms with Crippen LogP contribution in [0, 0.1) is 24.0 Å². The van der Waals surface area contributed by atoms with E-state index in [2.05, 4.69) is 16.0 Å². The minimum atomic E-state index is -0.643. The summed E-state index contributed by atoms with van der Waals surface area (Å²) in [4.78, 5) is 33.7. The second-order valence-corrected chi connectivity index (χ2v) is 4.89. The van der Waals surface area contributed by atoms with Crippen LogP contribution in [0.3, 0.4) is 0 Å². The van der Waals surface area contributed by atoms with Crippen molar-refractivity contribution in [2.75, 3.05) is 0 Å². The molecule has 23 heavy (non-hydrogen) atoms. The smallest absolute Gasteiger partial charge is 0.270 e. The molecule has 9 heteroatoms. The zero-order chi connectivity index (χ0) is 17.0. The van der Waals surface area contributed by atoms with Crippen molar-refractivity contribution < 1.29 is 14.5 Å². The topological polar surface area (TPSA) is 119 Å². The molecule has 0 saturated carbocycles. The number of amides is 2. The number of aromatic nitrogens is 2. The van der Waals surface area contributed by atoms with E-state index in [-0.39, 0.29) is 17.8 Å². The van der Waals surface area contributed by atoms with Crippen LogP contribution < -0.4 is 10.9 Å². The van der Waals surface area contributed by atoms with Gasteiger partial charge in [-0.25, -0.2) is 0 Å². The zero-order valence-electron chi connectivity index (χ0n) is 12.6. The van der Waals surface area contributed by atoms with Crippen molar-refractivity contribution in [2.45, 2.75) is 20.4 Å². The molecular weight excluding hydrogens is 302 g/mol. The van der Waals surface area contributed by atoms with Gasteiger partial charge in [0, 0.05) is 23.4 Å². The standard InChI is InChI=1S/C14H15N5O4/c1-9-6-10(2)18(17-9)8-13(20)15-16-14(21)11-4-3-5-12(7-11)19(22)23/h3-7H,8H2,1-2H3,(H,15,20)(H,16,21). The SMILES string of the molecule is Cc1cc(C)n(CC(=O)NNC(=O)c2cccc([N+](=O)[O-])c2)n1. The van der Waals surface area contributed by atoms with Gasteiger partial charge >= 0.3 is 0 Å². The first-order valence-corrected chi connectivity index (χ1v) is 6.71. The van der Waals surface area contributed by atoms with E-state index in [9.17, 15) is 19.7 Å². The lowest BCUT2D eigenvalue weighted by Gasteiger charge is -2.08. The molecule has 0 saturated heterocycles. The quantitative estimate of drug-likeness (QED) is 0.640. The summed E-state index contributed by atoms with van der Waals surface area (Å²) in [6.45, 7) is 3.58. The van der Waals surface area contributed by atoms with Gasteiger partial charge in [-0.1, -0.05) is 6.07 Å². The Morgan fingerprint density at radius 1 is 1.26 bits per heavy atom. The highest BCUT2D eigenvalue weighted by atomic mass is 16.6. The Bertz CT molecular complexity index is 768. The van der Waals surface area contributed by atoms with E-state index < -0.39 is 16.7 Å². The van der Waals surface area contributed by atoms with Crippen molar-refractivity contribution in [2.24, 2.45) is 0 Å². The van der Waals surface area contributed by atoms with Crippen LogP contribution in [-0.2, 0) is 11.3 Å². The van der Waals surface area contributed by atoms with Gasteiger partial charge in [0.15, 0.2) is 0 Å². The van der Waals surface area contributed by atoms with Crippen LogP contribution in [0.4, 0.5) is 5.69 Å². The number of hydrogen-bond acceptors (Lipinski definition) is 5. The third kappa shape index (κ3) is 4.13. The molecule has 2 N–H and O–H groups in total. The number of nitrogens with zero attached hydrogens (tertiary/aromatic N) is 3. The van der Waals surface area contributed by atoms with Crippen molar-refractivity contribution >= 4 is 17.5 Å². The van der Waals surface area contributed by atoms with Gasteiger partial charge in [-0.05, 0) is 26.0 Å². The highest BCUT2D eigenvalue weighted by Gasteiger charge is 2.13. The summed E-state index contributed by atoms with van der Waals surface area (Å²) in [5.74, 6) is -1.11. The number of nitro groups is 1. The highest BCUT2D eigenvalue weighted by molar-refractivity contribution is 5.95. The number of hydrazine groups is 1. The number of hydrogen-bond donors (Lipinski definition) is 2. The molecule has 1 aromatic carbocycles. The maximum atomic E-state index is 11.9. The number of non-ortho nitro benzene ring substituents is 1. The first kappa shape index (κ1) is 16.1. The van der Waals surface area contributed by atoms with Gasteiger partial charge in [0.1, 0.15) is 6.54 Å². The van der Waals surface area contributed by atoms with Crippen molar-refractivity contribution in [3.8, 4) is 0 Å². The molecule has 2 rings (SSSR count). The van der Waals surface area contributed by atoms with Crippen molar-refractivity contribution in [1.29, 1.82) is 0 Å². The van der Waals surface area contributed by atoms with Crippen LogP contribution >= 0.6 is 0 Å². The Balaban J connectivity index is 1.93. The molecule has 0 unspecified atom stereocenters. The Morgan fingerprint density at radius 2 is 2.00 bits per heavy atom. The van der Waals surface area contributed by atoms with Crippen LogP contribution in [0.5, 0.6) is 0 Å². The predicted molar refractivity (Wildman–Crippen MR) is 80.4 cm³/mol. The molecule has 9 nitrogen and oxygen atoms in total. The second kappa shape index (κ2) is 6.69. The largest absolute Gasteiger partial charge is 0.271 e. The summed E-state index contributed by atoms with van der Waals surface area (Å²) < 4.78 is 1.50. The molecule has 0 radical (unpaired) electrons. The summed E-state index contributed by atoms with van der Waals surface area (Å²) >= 11 is 0. The minimum absolute atomic E-state index is 0.0467. The van der Waals surface area contributed by atoms with Gasteiger partial charge in [0.05, 0.1) is 10.6 Å². The summed E-state index contributed by atoms with van der Waals surface area (Å²) in [6, 6.07) is 7.04. The fourth-order valence-corrected chi connectivity index (χ4v) is 1.97. The summed E-state index contributed by atoms with van der Waals surface area (Å²) in [6.07, 6.45) is 0. The molecular formula is C14H15N5O4. The fraction of sp³-hybridized carbons (Fsp3) is 0.214. The van der Waals surface area contributed by atoms with E-state index in [1.807, 2.05) is 19.9 Å². The number of carbonyl (C=O) groups excluding carboxylic acids is 2. The molecule has 0 aliphatic rings. The molecule has 2 amide bonds. The Morgan fingerprint density at radius 3 is 2.61 bits per heavy atom. The maximum Gasteiger partial charge on any atom is 0.270 e. The third-order valence-corrected chi connectivity index (χ3v) is 3.03. The molecule has 1 heterocycles. The first-order chi connectivity index (χ1) is 10.9.